The Kier molecular flexibility index (Phi) is 5.22. The molecule has 2 rings (SSSR count). The van der Waals surface area contributed by atoms with Crippen LogP contribution in [-0.4, -0.2) is 29.8 Å². The van der Waals surface area contributed by atoms with E-state index in [4.69, 9.17) is 0 Å². The number of fused-ring (bicyclic) bond motifs is 1. The first kappa shape index (κ1) is 16.5. The van der Waals surface area contributed by atoms with Crippen molar-refractivity contribution in [2.45, 2.75) is 46.6 Å². The SMILES string of the molecule is CC(C)(C)C(=O)NCCCC(=O)N1CCc2ccccc2C1. The quantitative estimate of drug-likeness (QED) is 0.869. The first-order chi connectivity index (χ1) is 10.4. The highest BCUT2D eigenvalue weighted by atomic mass is 16.2. The van der Waals surface area contributed by atoms with Crippen LogP contribution in [0.5, 0.6) is 0 Å². The van der Waals surface area contributed by atoms with Crippen molar-refractivity contribution in [2.75, 3.05) is 13.1 Å². The molecule has 0 unspecified atom stereocenters. The molecule has 0 spiro atoms. The van der Waals surface area contributed by atoms with Crippen LogP contribution in [0, 0.1) is 5.41 Å². The predicted octanol–water partition coefficient (Wildman–Crippen LogP) is 2.51. The number of benzene rings is 1. The smallest absolute Gasteiger partial charge is 0.225 e. The van der Waals surface area contributed by atoms with Crippen molar-refractivity contribution in [3.05, 3.63) is 35.4 Å². The molecule has 0 saturated carbocycles. The summed E-state index contributed by atoms with van der Waals surface area (Å²) in [6, 6.07) is 8.31. The Labute approximate surface area is 132 Å². The van der Waals surface area contributed by atoms with Gasteiger partial charge in [-0.05, 0) is 24.0 Å². The first-order valence-electron chi connectivity index (χ1n) is 8.01. The summed E-state index contributed by atoms with van der Waals surface area (Å²) >= 11 is 0. The maximum Gasteiger partial charge on any atom is 0.225 e. The van der Waals surface area contributed by atoms with Crippen LogP contribution in [-0.2, 0) is 22.6 Å². The van der Waals surface area contributed by atoms with Crippen molar-refractivity contribution >= 4 is 11.8 Å². The minimum absolute atomic E-state index is 0.0341. The Bertz CT molecular complexity index is 546. The number of carbonyl (C=O) groups excluding carboxylic acids is 2. The summed E-state index contributed by atoms with van der Waals surface area (Å²) in [5, 5.41) is 2.89. The molecule has 22 heavy (non-hydrogen) atoms. The molecule has 4 nitrogen and oxygen atoms in total. The largest absolute Gasteiger partial charge is 0.356 e. The molecule has 0 aliphatic carbocycles. The molecule has 0 bridgehead atoms. The van der Waals surface area contributed by atoms with Gasteiger partial charge in [-0.1, -0.05) is 45.0 Å². The van der Waals surface area contributed by atoms with Gasteiger partial charge in [-0.15, -0.1) is 0 Å². The van der Waals surface area contributed by atoms with E-state index in [2.05, 4.69) is 17.4 Å². The average Bonchev–Trinajstić information content (AvgIpc) is 2.49. The van der Waals surface area contributed by atoms with Crippen molar-refractivity contribution in [3.8, 4) is 0 Å². The molecule has 1 aromatic carbocycles. The van der Waals surface area contributed by atoms with Gasteiger partial charge in [-0.2, -0.15) is 0 Å². The van der Waals surface area contributed by atoms with Crippen LogP contribution >= 0.6 is 0 Å². The van der Waals surface area contributed by atoms with Gasteiger partial charge in [-0.25, -0.2) is 0 Å². The lowest BCUT2D eigenvalue weighted by molar-refractivity contribution is -0.133. The molecular weight excluding hydrogens is 276 g/mol. The lowest BCUT2D eigenvalue weighted by Crippen LogP contribution is -2.37. The molecule has 0 radical (unpaired) electrons. The van der Waals surface area contributed by atoms with Crippen LogP contribution in [0.1, 0.15) is 44.7 Å². The lowest BCUT2D eigenvalue weighted by Gasteiger charge is -2.29. The molecule has 2 amide bonds. The fraction of sp³-hybridized carbons (Fsp3) is 0.556. The molecule has 0 aromatic heterocycles. The monoisotopic (exact) mass is 302 g/mol. The Morgan fingerprint density at radius 2 is 1.86 bits per heavy atom. The maximum absolute atomic E-state index is 12.3. The van der Waals surface area contributed by atoms with Gasteiger partial charge in [0.05, 0.1) is 0 Å². The van der Waals surface area contributed by atoms with E-state index in [0.29, 0.717) is 25.9 Å². The highest BCUT2D eigenvalue weighted by Gasteiger charge is 2.22. The van der Waals surface area contributed by atoms with E-state index < -0.39 is 0 Å². The highest BCUT2D eigenvalue weighted by molar-refractivity contribution is 5.81. The van der Waals surface area contributed by atoms with Gasteiger partial charge in [0.15, 0.2) is 0 Å². The third kappa shape index (κ3) is 4.33. The number of hydrogen-bond acceptors (Lipinski definition) is 2. The molecule has 0 saturated heterocycles. The zero-order chi connectivity index (χ0) is 16.2. The van der Waals surface area contributed by atoms with E-state index in [-0.39, 0.29) is 17.2 Å². The van der Waals surface area contributed by atoms with Gasteiger partial charge < -0.3 is 10.2 Å². The summed E-state index contributed by atoms with van der Waals surface area (Å²) in [5.74, 6) is 0.214. The van der Waals surface area contributed by atoms with E-state index in [1.165, 1.54) is 11.1 Å². The van der Waals surface area contributed by atoms with E-state index in [1.54, 1.807) is 0 Å². The van der Waals surface area contributed by atoms with Gasteiger partial charge >= 0.3 is 0 Å². The Balaban J connectivity index is 1.74. The fourth-order valence-electron chi connectivity index (χ4n) is 2.57. The molecular formula is C18H26N2O2. The van der Waals surface area contributed by atoms with Crippen LogP contribution in [0.25, 0.3) is 0 Å². The van der Waals surface area contributed by atoms with Crippen LogP contribution < -0.4 is 5.32 Å². The number of nitrogens with one attached hydrogen (secondary N) is 1. The predicted molar refractivity (Wildman–Crippen MR) is 87.3 cm³/mol. The number of hydrogen-bond donors (Lipinski definition) is 1. The van der Waals surface area contributed by atoms with Gasteiger partial charge in [0, 0.05) is 31.5 Å². The molecule has 1 aromatic rings. The molecule has 0 atom stereocenters. The lowest BCUT2D eigenvalue weighted by atomic mass is 9.96. The summed E-state index contributed by atoms with van der Waals surface area (Å²) in [5.41, 5.74) is 2.23. The van der Waals surface area contributed by atoms with Gasteiger partial charge in [-0.3, -0.25) is 9.59 Å². The van der Waals surface area contributed by atoms with Crippen molar-refractivity contribution in [1.29, 1.82) is 0 Å². The Morgan fingerprint density at radius 3 is 2.55 bits per heavy atom. The summed E-state index contributed by atoms with van der Waals surface area (Å²) in [6.07, 6.45) is 2.12. The van der Waals surface area contributed by atoms with E-state index in [1.807, 2.05) is 37.8 Å². The Hall–Kier alpha value is -1.84. The number of nitrogens with zero attached hydrogens (tertiary/aromatic N) is 1. The zero-order valence-electron chi connectivity index (χ0n) is 13.8. The van der Waals surface area contributed by atoms with Crippen molar-refractivity contribution in [3.63, 3.8) is 0 Å². The maximum atomic E-state index is 12.3. The minimum Gasteiger partial charge on any atom is -0.356 e. The Morgan fingerprint density at radius 1 is 1.18 bits per heavy atom. The second-order valence-corrected chi connectivity index (χ2v) is 6.94. The first-order valence-corrected chi connectivity index (χ1v) is 8.01. The summed E-state index contributed by atoms with van der Waals surface area (Å²) < 4.78 is 0. The third-order valence-electron chi connectivity index (χ3n) is 4.02. The molecule has 1 heterocycles. The average molecular weight is 302 g/mol. The van der Waals surface area contributed by atoms with E-state index >= 15 is 0 Å². The topological polar surface area (TPSA) is 49.4 Å². The zero-order valence-corrected chi connectivity index (χ0v) is 13.8. The number of carbonyl (C=O) groups is 2. The van der Waals surface area contributed by atoms with Crippen molar-refractivity contribution in [2.24, 2.45) is 5.41 Å². The standard InChI is InChI=1S/C18H26N2O2/c1-18(2,3)17(22)19-11-6-9-16(21)20-12-10-14-7-4-5-8-15(14)13-20/h4-5,7-8H,6,9-13H2,1-3H3,(H,19,22). The normalized spacial score (nSPS) is 14.4. The van der Waals surface area contributed by atoms with E-state index in [0.717, 1.165) is 13.0 Å². The fourth-order valence-corrected chi connectivity index (χ4v) is 2.57. The summed E-state index contributed by atoms with van der Waals surface area (Å²) in [6.45, 7) is 7.73. The van der Waals surface area contributed by atoms with Crippen LogP contribution in [0.3, 0.4) is 0 Å². The second kappa shape index (κ2) is 6.95. The second-order valence-electron chi connectivity index (χ2n) is 6.94. The summed E-state index contributed by atoms with van der Waals surface area (Å²) in [4.78, 5) is 25.9. The molecule has 0 fully saturated rings. The minimum atomic E-state index is -0.374. The number of amides is 2. The van der Waals surface area contributed by atoms with Crippen molar-refractivity contribution < 1.29 is 9.59 Å². The molecule has 4 heteroatoms. The van der Waals surface area contributed by atoms with Crippen molar-refractivity contribution in [1.82, 2.24) is 10.2 Å². The van der Waals surface area contributed by atoms with Gasteiger partial charge in [0.2, 0.25) is 11.8 Å². The van der Waals surface area contributed by atoms with Crippen LogP contribution in [0.15, 0.2) is 24.3 Å². The highest BCUT2D eigenvalue weighted by Crippen LogP contribution is 2.19. The third-order valence-corrected chi connectivity index (χ3v) is 4.02. The molecule has 1 aliphatic rings. The molecule has 1 aliphatic heterocycles. The molecule has 120 valence electrons. The van der Waals surface area contributed by atoms with Gasteiger partial charge in [0.1, 0.15) is 0 Å². The summed E-state index contributed by atoms with van der Waals surface area (Å²) in [7, 11) is 0. The number of rotatable bonds is 4. The van der Waals surface area contributed by atoms with Crippen LogP contribution in [0.4, 0.5) is 0 Å². The van der Waals surface area contributed by atoms with Crippen LogP contribution in [0.2, 0.25) is 0 Å². The molecule has 1 N–H and O–H groups in total. The van der Waals surface area contributed by atoms with Gasteiger partial charge in [0.25, 0.3) is 0 Å². The van der Waals surface area contributed by atoms with E-state index in [9.17, 15) is 9.59 Å².